The zero-order chi connectivity index (χ0) is 16.9. The van der Waals surface area contributed by atoms with Crippen molar-refractivity contribution >= 4 is 11.7 Å². The van der Waals surface area contributed by atoms with Gasteiger partial charge in [0.05, 0.1) is 13.0 Å². The number of pyridine rings is 1. The Balaban J connectivity index is 1.57. The van der Waals surface area contributed by atoms with Crippen molar-refractivity contribution in [2.45, 2.75) is 31.8 Å². The summed E-state index contributed by atoms with van der Waals surface area (Å²) in [6, 6.07) is 11.6. The number of nitrogen functional groups attached to an aromatic ring is 1. The fourth-order valence-electron chi connectivity index (χ4n) is 3.05. The van der Waals surface area contributed by atoms with Crippen LogP contribution in [0.15, 0.2) is 42.6 Å². The molecule has 0 radical (unpaired) electrons. The molecule has 0 spiro atoms. The van der Waals surface area contributed by atoms with Gasteiger partial charge in [-0.3, -0.25) is 4.79 Å². The summed E-state index contributed by atoms with van der Waals surface area (Å²) in [5.41, 5.74) is 8.55. The molecule has 0 amide bonds. The van der Waals surface area contributed by atoms with Crippen LogP contribution in [0.2, 0.25) is 0 Å². The second kappa shape index (κ2) is 7.34. The molecule has 0 unspecified atom stereocenters. The third kappa shape index (κ3) is 3.85. The Kier molecular flexibility index (Phi) is 4.99. The van der Waals surface area contributed by atoms with Crippen LogP contribution in [-0.2, 0) is 9.53 Å². The first-order valence-electron chi connectivity index (χ1n) is 8.22. The number of aromatic nitrogens is 1. The van der Waals surface area contributed by atoms with Crippen molar-refractivity contribution in [3.8, 4) is 17.0 Å². The second-order valence-corrected chi connectivity index (χ2v) is 6.12. The molecule has 1 heterocycles. The minimum Gasteiger partial charge on any atom is -0.474 e. The molecule has 0 bridgehead atoms. The molecule has 1 fully saturated rings. The lowest BCUT2D eigenvalue weighted by molar-refractivity contribution is -0.147. The Bertz CT molecular complexity index is 675. The van der Waals surface area contributed by atoms with E-state index < -0.39 is 0 Å². The standard InChI is InChI=1S/C19H22N2O3/c1-23-19(22)14-4-9-17(10-5-14)24-18-11-6-15(12-21-18)13-2-7-16(20)8-3-13/h2-3,6-8,11-12,14,17H,4-5,9-10,20H2,1H3. The Labute approximate surface area is 141 Å². The number of esters is 1. The van der Waals surface area contributed by atoms with Gasteiger partial charge >= 0.3 is 5.97 Å². The summed E-state index contributed by atoms with van der Waals surface area (Å²) in [6.07, 6.45) is 5.23. The van der Waals surface area contributed by atoms with Gasteiger partial charge in [0.15, 0.2) is 0 Å². The molecular weight excluding hydrogens is 304 g/mol. The van der Waals surface area contributed by atoms with Gasteiger partial charge in [0, 0.05) is 23.5 Å². The minimum atomic E-state index is -0.112. The molecule has 3 rings (SSSR count). The van der Waals surface area contributed by atoms with Crippen molar-refractivity contribution in [1.82, 2.24) is 4.98 Å². The quantitative estimate of drug-likeness (QED) is 0.688. The predicted octanol–water partition coefficient (Wildman–Crippen LogP) is 3.44. The number of methoxy groups -OCH3 is 1. The number of rotatable bonds is 4. The largest absolute Gasteiger partial charge is 0.474 e. The van der Waals surface area contributed by atoms with Crippen LogP contribution in [0.3, 0.4) is 0 Å². The van der Waals surface area contributed by atoms with E-state index in [4.69, 9.17) is 15.2 Å². The summed E-state index contributed by atoms with van der Waals surface area (Å²) in [5, 5.41) is 0. The molecule has 1 aliphatic carbocycles. The van der Waals surface area contributed by atoms with E-state index >= 15 is 0 Å². The normalized spacial score (nSPS) is 20.4. The minimum absolute atomic E-state index is 0.00991. The predicted molar refractivity (Wildman–Crippen MR) is 92.5 cm³/mol. The van der Waals surface area contributed by atoms with Crippen LogP contribution in [-0.4, -0.2) is 24.2 Å². The molecule has 1 aliphatic rings. The number of ether oxygens (including phenoxy) is 2. The van der Waals surface area contributed by atoms with Crippen molar-refractivity contribution in [1.29, 1.82) is 0 Å². The van der Waals surface area contributed by atoms with E-state index in [0.717, 1.165) is 42.5 Å². The number of nitrogens with two attached hydrogens (primary N) is 1. The van der Waals surface area contributed by atoms with E-state index in [2.05, 4.69) is 4.98 Å². The lowest BCUT2D eigenvalue weighted by Crippen LogP contribution is -2.28. The molecule has 24 heavy (non-hydrogen) atoms. The average molecular weight is 326 g/mol. The first-order valence-corrected chi connectivity index (χ1v) is 8.22. The number of nitrogens with zero attached hydrogens (tertiary/aromatic N) is 1. The molecule has 2 aromatic rings. The number of carbonyl (C=O) groups is 1. The van der Waals surface area contributed by atoms with Gasteiger partial charge in [-0.25, -0.2) is 4.98 Å². The van der Waals surface area contributed by atoms with Gasteiger partial charge in [-0.2, -0.15) is 0 Å². The van der Waals surface area contributed by atoms with Crippen molar-refractivity contribution < 1.29 is 14.3 Å². The number of carbonyl (C=O) groups excluding carboxylic acids is 1. The zero-order valence-corrected chi connectivity index (χ0v) is 13.8. The summed E-state index contributed by atoms with van der Waals surface area (Å²) < 4.78 is 10.7. The Morgan fingerprint density at radius 2 is 1.71 bits per heavy atom. The molecule has 1 aromatic carbocycles. The fraction of sp³-hybridized carbons (Fsp3) is 0.368. The van der Waals surface area contributed by atoms with Crippen LogP contribution in [0.25, 0.3) is 11.1 Å². The topological polar surface area (TPSA) is 74.4 Å². The molecule has 1 aromatic heterocycles. The summed E-state index contributed by atoms with van der Waals surface area (Å²) in [7, 11) is 1.44. The summed E-state index contributed by atoms with van der Waals surface area (Å²) in [4.78, 5) is 15.9. The molecule has 0 atom stereocenters. The van der Waals surface area contributed by atoms with Gasteiger partial charge in [-0.15, -0.1) is 0 Å². The lowest BCUT2D eigenvalue weighted by atomic mass is 9.87. The van der Waals surface area contributed by atoms with Crippen molar-refractivity contribution in [2.75, 3.05) is 12.8 Å². The van der Waals surface area contributed by atoms with Crippen LogP contribution in [0, 0.1) is 5.92 Å². The Morgan fingerprint density at radius 3 is 2.29 bits per heavy atom. The van der Waals surface area contributed by atoms with E-state index in [-0.39, 0.29) is 18.0 Å². The second-order valence-electron chi connectivity index (χ2n) is 6.12. The first-order chi connectivity index (χ1) is 11.7. The van der Waals surface area contributed by atoms with E-state index in [1.165, 1.54) is 7.11 Å². The smallest absolute Gasteiger partial charge is 0.308 e. The third-order valence-corrected chi connectivity index (χ3v) is 4.48. The van der Waals surface area contributed by atoms with Crippen molar-refractivity contribution in [2.24, 2.45) is 5.92 Å². The molecule has 126 valence electrons. The molecule has 5 nitrogen and oxygen atoms in total. The van der Waals surface area contributed by atoms with E-state index in [0.29, 0.717) is 5.88 Å². The maximum absolute atomic E-state index is 11.5. The van der Waals surface area contributed by atoms with Crippen molar-refractivity contribution in [3.63, 3.8) is 0 Å². The Hall–Kier alpha value is -2.56. The van der Waals surface area contributed by atoms with Crippen LogP contribution in [0.1, 0.15) is 25.7 Å². The van der Waals surface area contributed by atoms with E-state index in [1.807, 2.05) is 36.4 Å². The molecule has 5 heteroatoms. The van der Waals surface area contributed by atoms with Crippen LogP contribution in [0.4, 0.5) is 5.69 Å². The summed E-state index contributed by atoms with van der Waals surface area (Å²) >= 11 is 0. The van der Waals surface area contributed by atoms with E-state index in [1.54, 1.807) is 6.20 Å². The van der Waals surface area contributed by atoms with Crippen LogP contribution < -0.4 is 10.5 Å². The highest BCUT2D eigenvalue weighted by Gasteiger charge is 2.27. The number of hydrogen-bond donors (Lipinski definition) is 1. The molecular formula is C19H22N2O3. The third-order valence-electron chi connectivity index (χ3n) is 4.48. The first kappa shape index (κ1) is 16.3. The molecule has 0 saturated heterocycles. The summed E-state index contributed by atoms with van der Waals surface area (Å²) in [5.74, 6) is 0.519. The van der Waals surface area contributed by atoms with Gasteiger partial charge in [-0.1, -0.05) is 12.1 Å². The molecule has 2 N–H and O–H groups in total. The van der Waals surface area contributed by atoms with Gasteiger partial charge in [-0.05, 0) is 49.4 Å². The Morgan fingerprint density at radius 1 is 1.04 bits per heavy atom. The highest BCUT2D eigenvalue weighted by atomic mass is 16.5. The SMILES string of the molecule is COC(=O)C1CCC(Oc2ccc(-c3ccc(N)cc3)cn2)CC1. The maximum atomic E-state index is 11.5. The highest BCUT2D eigenvalue weighted by molar-refractivity contribution is 5.72. The van der Waals surface area contributed by atoms with Crippen molar-refractivity contribution in [3.05, 3.63) is 42.6 Å². The number of anilines is 1. The lowest BCUT2D eigenvalue weighted by Gasteiger charge is -2.27. The van der Waals surface area contributed by atoms with Gasteiger partial charge in [0.1, 0.15) is 6.10 Å². The van der Waals surface area contributed by atoms with Gasteiger partial charge in [0.2, 0.25) is 5.88 Å². The number of hydrogen-bond acceptors (Lipinski definition) is 5. The highest BCUT2D eigenvalue weighted by Crippen LogP contribution is 2.28. The number of benzene rings is 1. The summed E-state index contributed by atoms with van der Waals surface area (Å²) in [6.45, 7) is 0. The maximum Gasteiger partial charge on any atom is 0.308 e. The molecule has 1 saturated carbocycles. The zero-order valence-electron chi connectivity index (χ0n) is 13.8. The van der Waals surface area contributed by atoms with Gasteiger partial charge in [0.25, 0.3) is 0 Å². The van der Waals surface area contributed by atoms with Gasteiger partial charge < -0.3 is 15.2 Å². The monoisotopic (exact) mass is 326 g/mol. The van der Waals surface area contributed by atoms with E-state index in [9.17, 15) is 4.79 Å². The van der Waals surface area contributed by atoms with Crippen LogP contribution in [0.5, 0.6) is 5.88 Å². The average Bonchev–Trinajstić information content (AvgIpc) is 2.63. The fourth-order valence-corrected chi connectivity index (χ4v) is 3.05. The molecule has 0 aliphatic heterocycles. The van der Waals surface area contributed by atoms with Crippen LogP contribution >= 0.6 is 0 Å².